The number of hydrogen-bond donors (Lipinski definition) is 2. The predicted molar refractivity (Wildman–Crippen MR) is 109 cm³/mol. The van der Waals surface area contributed by atoms with Crippen LogP contribution in [0.1, 0.15) is 24.5 Å². The van der Waals surface area contributed by atoms with Crippen LogP contribution in [0.2, 0.25) is 0 Å². The Labute approximate surface area is 162 Å². The number of fused-ring (bicyclic) bond motifs is 1. The number of aryl methyl sites for hydroxylation is 2. The van der Waals surface area contributed by atoms with E-state index in [2.05, 4.69) is 16.5 Å². The molecule has 0 bridgehead atoms. The van der Waals surface area contributed by atoms with Crippen LogP contribution in [0.25, 0.3) is 0 Å². The zero-order valence-electron chi connectivity index (χ0n) is 15.9. The van der Waals surface area contributed by atoms with Crippen LogP contribution < -0.4 is 14.5 Å². The van der Waals surface area contributed by atoms with E-state index in [9.17, 15) is 8.42 Å². The SMILES string of the molecule is CC[NH+]1CCN(c2ccccc2NS(=O)(=O)c2ccc3c(c2)CCC3)CC1. The van der Waals surface area contributed by atoms with Gasteiger partial charge in [-0.2, -0.15) is 0 Å². The van der Waals surface area contributed by atoms with E-state index in [1.807, 2.05) is 36.4 Å². The molecule has 0 atom stereocenters. The maximum absolute atomic E-state index is 13.0. The predicted octanol–water partition coefficient (Wildman–Crippen LogP) is 1.70. The molecule has 0 unspecified atom stereocenters. The highest BCUT2D eigenvalue weighted by molar-refractivity contribution is 7.92. The van der Waals surface area contributed by atoms with Crippen molar-refractivity contribution in [2.75, 3.05) is 42.3 Å². The van der Waals surface area contributed by atoms with Gasteiger partial charge in [0.25, 0.3) is 10.0 Å². The molecule has 0 spiro atoms. The second kappa shape index (κ2) is 7.52. The molecule has 2 N–H and O–H groups in total. The van der Waals surface area contributed by atoms with Crippen LogP contribution in [0.5, 0.6) is 0 Å². The van der Waals surface area contributed by atoms with Gasteiger partial charge in [0.05, 0.1) is 49.0 Å². The number of anilines is 2. The van der Waals surface area contributed by atoms with Crippen LogP contribution in [-0.4, -0.2) is 41.1 Å². The molecule has 1 saturated heterocycles. The summed E-state index contributed by atoms with van der Waals surface area (Å²) in [6, 6.07) is 13.3. The van der Waals surface area contributed by atoms with Gasteiger partial charge in [-0.05, 0) is 61.6 Å². The molecular formula is C21H28N3O2S+. The summed E-state index contributed by atoms with van der Waals surface area (Å²) in [6.45, 7) is 7.41. The highest BCUT2D eigenvalue weighted by Crippen LogP contribution is 2.30. The summed E-state index contributed by atoms with van der Waals surface area (Å²) >= 11 is 0. The van der Waals surface area contributed by atoms with Crippen LogP contribution >= 0.6 is 0 Å². The Kier molecular flexibility index (Phi) is 5.10. The summed E-state index contributed by atoms with van der Waals surface area (Å²) < 4.78 is 28.8. The van der Waals surface area contributed by atoms with E-state index in [1.54, 1.807) is 11.0 Å². The number of sulfonamides is 1. The minimum Gasteiger partial charge on any atom is -0.359 e. The molecule has 0 aromatic heterocycles. The first kappa shape index (κ1) is 18.3. The van der Waals surface area contributed by atoms with Gasteiger partial charge in [0.1, 0.15) is 0 Å². The number of likely N-dealkylation sites (N-methyl/N-ethyl adjacent to an activating group) is 1. The van der Waals surface area contributed by atoms with Crippen LogP contribution in [0.4, 0.5) is 11.4 Å². The van der Waals surface area contributed by atoms with Crippen molar-refractivity contribution in [3.05, 3.63) is 53.6 Å². The van der Waals surface area contributed by atoms with Crippen molar-refractivity contribution in [1.82, 2.24) is 0 Å². The fraction of sp³-hybridized carbons (Fsp3) is 0.429. The Bertz CT molecular complexity index is 919. The van der Waals surface area contributed by atoms with Gasteiger partial charge in [-0.15, -0.1) is 0 Å². The molecule has 1 heterocycles. The first-order valence-electron chi connectivity index (χ1n) is 9.89. The molecule has 2 aliphatic rings. The number of hydrogen-bond acceptors (Lipinski definition) is 3. The van der Waals surface area contributed by atoms with E-state index in [0.29, 0.717) is 10.6 Å². The zero-order valence-corrected chi connectivity index (χ0v) is 16.7. The van der Waals surface area contributed by atoms with Crippen molar-refractivity contribution in [2.24, 2.45) is 0 Å². The minimum atomic E-state index is -3.59. The smallest absolute Gasteiger partial charge is 0.261 e. The lowest BCUT2D eigenvalue weighted by Crippen LogP contribution is -3.14. The van der Waals surface area contributed by atoms with Crippen LogP contribution in [0.15, 0.2) is 47.4 Å². The Morgan fingerprint density at radius 3 is 2.56 bits per heavy atom. The summed E-state index contributed by atoms with van der Waals surface area (Å²) in [7, 11) is -3.59. The van der Waals surface area contributed by atoms with Crippen LogP contribution in [-0.2, 0) is 22.9 Å². The van der Waals surface area contributed by atoms with E-state index in [4.69, 9.17) is 0 Å². The second-order valence-corrected chi connectivity index (χ2v) is 9.18. The second-order valence-electron chi connectivity index (χ2n) is 7.50. The molecule has 4 rings (SSSR count). The molecule has 1 fully saturated rings. The van der Waals surface area contributed by atoms with Crippen molar-refractivity contribution in [3.63, 3.8) is 0 Å². The van der Waals surface area contributed by atoms with Gasteiger partial charge in [-0.3, -0.25) is 4.72 Å². The number of quaternary nitrogens is 1. The number of para-hydroxylation sites is 2. The third-order valence-electron chi connectivity index (χ3n) is 5.84. The Morgan fingerprint density at radius 1 is 1.04 bits per heavy atom. The standard InChI is InChI=1S/C21H27N3O2S/c1-2-23-12-14-24(15-13-23)21-9-4-3-8-20(21)22-27(25,26)19-11-10-17-6-5-7-18(17)16-19/h3-4,8-11,16,22H,2,5-7,12-15H2,1H3/p+1. The maximum Gasteiger partial charge on any atom is 0.261 e. The highest BCUT2D eigenvalue weighted by Gasteiger charge is 2.23. The normalized spacial score (nSPS) is 17.7. The minimum absolute atomic E-state index is 0.359. The van der Waals surface area contributed by atoms with E-state index < -0.39 is 10.0 Å². The number of benzene rings is 2. The molecule has 0 saturated carbocycles. The lowest BCUT2D eigenvalue weighted by Gasteiger charge is -2.34. The Hall–Kier alpha value is -2.05. The monoisotopic (exact) mass is 386 g/mol. The fourth-order valence-corrected chi connectivity index (χ4v) is 5.30. The lowest BCUT2D eigenvalue weighted by atomic mass is 10.1. The summed E-state index contributed by atoms with van der Waals surface area (Å²) in [5.74, 6) is 0. The molecule has 27 heavy (non-hydrogen) atoms. The number of rotatable bonds is 5. The fourth-order valence-electron chi connectivity index (χ4n) is 4.17. The third-order valence-corrected chi connectivity index (χ3v) is 7.20. The van der Waals surface area contributed by atoms with Crippen molar-refractivity contribution >= 4 is 21.4 Å². The summed E-state index contributed by atoms with van der Waals surface area (Å²) in [6.07, 6.45) is 3.14. The van der Waals surface area contributed by atoms with Crippen molar-refractivity contribution in [2.45, 2.75) is 31.1 Å². The van der Waals surface area contributed by atoms with Gasteiger partial charge < -0.3 is 9.80 Å². The van der Waals surface area contributed by atoms with Crippen LogP contribution in [0.3, 0.4) is 0 Å². The average Bonchev–Trinajstić information content (AvgIpc) is 3.16. The van der Waals surface area contributed by atoms with Gasteiger partial charge in [0.15, 0.2) is 0 Å². The molecule has 0 radical (unpaired) electrons. The van der Waals surface area contributed by atoms with Gasteiger partial charge in [0, 0.05) is 0 Å². The molecular weight excluding hydrogens is 358 g/mol. The molecule has 2 aromatic rings. The van der Waals surface area contributed by atoms with Crippen molar-refractivity contribution in [3.8, 4) is 0 Å². The van der Waals surface area contributed by atoms with Gasteiger partial charge in [0.2, 0.25) is 0 Å². The maximum atomic E-state index is 13.0. The molecule has 1 aliphatic carbocycles. The first-order valence-corrected chi connectivity index (χ1v) is 11.4. The Balaban J connectivity index is 1.57. The third kappa shape index (κ3) is 3.82. The zero-order chi connectivity index (χ0) is 18.9. The van der Waals surface area contributed by atoms with E-state index in [1.165, 1.54) is 11.1 Å². The van der Waals surface area contributed by atoms with Gasteiger partial charge in [-0.25, -0.2) is 8.42 Å². The number of nitrogens with zero attached hydrogens (tertiary/aromatic N) is 1. The van der Waals surface area contributed by atoms with E-state index in [0.717, 1.165) is 57.7 Å². The largest absolute Gasteiger partial charge is 0.359 e. The van der Waals surface area contributed by atoms with Crippen LogP contribution in [0, 0.1) is 0 Å². The van der Waals surface area contributed by atoms with Crippen molar-refractivity contribution < 1.29 is 13.3 Å². The van der Waals surface area contributed by atoms with Gasteiger partial charge >= 0.3 is 0 Å². The molecule has 144 valence electrons. The number of nitrogens with one attached hydrogen (secondary N) is 2. The first-order chi connectivity index (χ1) is 13.1. The number of piperazine rings is 1. The molecule has 1 aliphatic heterocycles. The lowest BCUT2D eigenvalue weighted by molar-refractivity contribution is -0.898. The summed E-state index contributed by atoms with van der Waals surface area (Å²) in [5, 5.41) is 0. The van der Waals surface area contributed by atoms with E-state index in [-0.39, 0.29) is 0 Å². The summed E-state index contributed by atoms with van der Waals surface area (Å²) in [4.78, 5) is 4.25. The highest BCUT2D eigenvalue weighted by atomic mass is 32.2. The van der Waals surface area contributed by atoms with E-state index >= 15 is 0 Å². The van der Waals surface area contributed by atoms with Gasteiger partial charge in [-0.1, -0.05) is 18.2 Å². The Morgan fingerprint density at radius 2 is 1.78 bits per heavy atom. The molecule has 5 nitrogen and oxygen atoms in total. The molecule has 2 aromatic carbocycles. The summed E-state index contributed by atoms with van der Waals surface area (Å²) in [5.41, 5.74) is 4.09. The topological polar surface area (TPSA) is 53.9 Å². The molecule has 0 amide bonds. The molecule has 6 heteroatoms. The quantitative estimate of drug-likeness (QED) is 0.822. The average molecular weight is 387 g/mol. The van der Waals surface area contributed by atoms with Crippen molar-refractivity contribution in [1.29, 1.82) is 0 Å².